The summed E-state index contributed by atoms with van der Waals surface area (Å²) in [6.07, 6.45) is 11.6. The van der Waals surface area contributed by atoms with Gasteiger partial charge in [0.05, 0.1) is 19.3 Å². The highest BCUT2D eigenvalue weighted by molar-refractivity contribution is 6.92. The number of unbranched alkanes of at least 4 members (excludes halogenated alkanes) is 1. The van der Waals surface area contributed by atoms with Gasteiger partial charge in [0, 0.05) is 0 Å². The molecule has 1 aliphatic carbocycles. The van der Waals surface area contributed by atoms with E-state index in [1.54, 1.807) is 5.19 Å². The molecule has 1 atom stereocenters. The first-order chi connectivity index (χ1) is 14.1. The Kier molecular flexibility index (Phi) is 7.42. The predicted molar refractivity (Wildman–Crippen MR) is 133 cm³/mol. The van der Waals surface area contributed by atoms with Crippen LogP contribution in [0.3, 0.4) is 0 Å². The van der Waals surface area contributed by atoms with Gasteiger partial charge in [-0.25, -0.2) is 0 Å². The van der Waals surface area contributed by atoms with E-state index in [9.17, 15) is 0 Å². The van der Waals surface area contributed by atoms with Crippen molar-refractivity contribution in [3.8, 4) is 0 Å². The topological polar surface area (TPSA) is 18.5 Å². The zero-order valence-electron chi connectivity index (χ0n) is 20.5. The zero-order chi connectivity index (χ0) is 22.0. The maximum atomic E-state index is 6.66. The maximum Gasteiger partial charge on any atom is 0.490 e. The fraction of sp³-hybridized carbons (Fsp3) is 0.692. The zero-order valence-corrected chi connectivity index (χ0v) is 21.5. The van der Waals surface area contributed by atoms with Crippen LogP contribution in [0.15, 0.2) is 41.9 Å². The van der Waals surface area contributed by atoms with Gasteiger partial charge in [-0.15, -0.1) is 0 Å². The van der Waals surface area contributed by atoms with Gasteiger partial charge in [0.2, 0.25) is 0 Å². The minimum absolute atomic E-state index is 0.219. The van der Waals surface area contributed by atoms with Crippen molar-refractivity contribution in [3.63, 3.8) is 0 Å². The van der Waals surface area contributed by atoms with E-state index in [-0.39, 0.29) is 18.3 Å². The molecule has 0 radical (unpaired) electrons. The molecule has 30 heavy (non-hydrogen) atoms. The van der Waals surface area contributed by atoms with E-state index >= 15 is 0 Å². The largest absolute Gasteiger partial charge is 0.490 e. The lowest BCUT2D eigenvalue weighted by molar-refractivity contribution is 0.00578. The highest BCUT2D eigenvalue weighted by Crippen LogP contribution is 2.48. The molecule has 4 heteroatoms. The van der Waals surface area contributed by atoms with Crippen molar-refractivity contribution in [2.75, 3.05) is 0 Å². The lowest BCUT2D eigenvalue weighted by Gasteiger charge is -2.42. The number of hydrogen-bond acceptors (Lipinski definition) is 2. The Morgan fingerprint density at radius 1 is 1.03 bits per heavy atom. The minimum Gasteiger partial charge on any atom is -0.400 e. The van der Waals surface area contributed by atoms with Crippen molar-refractivity contribution in [3.05, 3.63) is 41.9 Å². The maximum absolute atomic E-state index is 6.66. The molecule has 1 aromatic carbocycles. The third-order valence-electron chi connectivity index (χ3n) is 7.97. The van der Waals surface area contributed by atoms with E-state index < -0.39 is 8.07 Å². The summed E-state index contributed by atoms with van der Waals surface area (Å²) in [5.74, 6) is 0.739. The van der Waals surface area contributed by atoms with Crippen molar-refractivity contribution in [2.24, 2.45) is 5.92 Å². The predicted octanol–water partition coefficient (Wildman–Crippen LogP) is 6.91. The van der Waals surface area contributed by atoms with Crippen LogP contribution in [0.1, 0.15) is 79.6 Å². The van der Waals surface area contributed by atoms with Gasteiger partial charge in [0.1, 0.15) is 0 Å². The second-order valence-corrected chi connectivity index (χ2v) is 15.7. The van der Waals surface area contributed by atoms with Crippen LogP contribution >= 0.6 is 0 Å². The smallest absolute Gasteiger partial charge is 0.400 e. The Labute approximate surface area is 187 Å². The molecule has 0 N–H and O–H groups in total. The summed E-state index contributed by atoms with van der Waals surface area (Å²) in [5.41, 5.74) is 1.42. The molecule has 1 saturated carbocycles. The summed E-state index contributed by atoms with van der Waals surface area (Å²) in [4.78, 5) is 0. The molecule has 3 rings (SSSR count). The van der Waals surface area contributed by atoms with E-state index in [2.05, 4.69) is 84.1 Å². The molecule has 166 valence electrons. The van der Waals surface area contributed by atoms with Gasteiger partial charge >= 0.3 is 7.12 Å². The lowest BCUT2D eigenvalue weighted by Crippen LogP contribution is -2.51. The summed E-state index contributed by atoms with van der Waals surface area (Å²) in [6.45, 7) is 16.1. The Balaban J connectivity index is 2.06. The normalized spacial score (nSPS) is 23.6. The molecule has 0 aromatic heterocycles. The summed E-state index contributed by atoms with van der Waals surface area (Å²) in [6, 6.07) is 11.3. The first-order valence-corrected chi connectivity index (χ1v) is 15.3. The van der Waals surface area contributed by atoms with Gasteiger partial charge in [0.25, 0.3) is 0 Å². The van der Waals surface area contributed by atoms with Crippen LogP contribution in [-0.4, -0.2) is 26.4 Å². The first kappa shape index (κ1) is 23.8. The molecule has 0 bridgehead atoms. The summed E-state index contributed by atoms with van der Waals surface area (Å²) in [7, 11) is -2.02. The van der Waals surface area contributed by atoms with E-state index in [4.69, 9.17) is 9.31 Å². The molecular formula is C26H43BO2Si. The molecule has 0 amide bonds. The first-order valence-electron chi connectivity index (χ1n) is 12.2. The molecule has 1 unspecified atom stereocenters. The lowest BCUT2D eigenvalue weighted by atomic mass is 9.70. The fourth-order valence-electron chi connectivity index (χ4n) is 5.45. The number of rotatable bonds is 7. The molecule has 1 aromatic rings. The van der Waals surface area contributed by atoms with Crippen LogP contribution in [0.2, 0.25) is 18.6 Å². The van der Waals surface area contributed by atoms with E-state index in [0.717, 1.165) is 18.8 Å². The van der Waals surface area contributed by atoms with Gasteiger partial charge in [-0.05, 0) is 51.0 Å². The minimum atomic E-state index is -1.80. The Morgan fingerprint density at radius 2 is 1.60 bits per heavy atom. The summed E-state index contributed by atoms with van der Waals surface area (Å²) >= 11 is 0. The molecular weight excluding hydrogens is 383 g/mol. The van der Waals surface area contributed by atoms with Gasteiger partial charge in [-0.3, -0.25) is 0 Å². The second kappa shape index (κ2) is 9.34. The van der Waals surface area contributed by atoms with Crippen molar-refractivity contribution in [2.45, 2.75) is 109 Å². The molecule has 2 aliphatic rings. The van der Waals surface area contributed by atoms with Crippen LogP contribution in [0.25, 0.3) is 0 Å². The second-order valence-electron chi connectivity index (χ2n) is 11.0. The quantitative estimate of drug-likeness (QED) is 0.441. The van der Waals surface area contributed by atoms with E-state index in [0.29, 0.717) is 5.54 Å². The number of hydrogen-bond donors (Lipinski definition) is 0. The summed E-state index contributed by atoms with van der Waals surface area (Å²) < 4.78 is 13.3. The Bertz CT molecular complexity index is 704. The van der Waals surface area contributed by atoms with Gasteiger partial charge < -0.3 is 9.31 Å². The van der Waals surface area contributed by atoms with Gasteiger partial charge in [-0.1, -0.05) is 100 Å². The molecule has 1 aliphatic heterocycles. The van der Waals surface area contributed by atoms with Crippen molar-refractivity contribution in [1.82, 2.24) is 0 Å². The number of allylic oxidation sites excluding steroid dienone is 2. The van der Waals surface area contributed by atoms with Gasteiger partial charge in [-0.2, -0.15) is 0 Å². The SMILES string of the molecule is CCC/C=C(\B1OC(C)(C)C(C)(C)O1)C(C1CCCCC1)[Si](C)(C)c1ccccc1. The van der Waals surface area contributed by atoms with E-state index in [1.807, 2.05) is 0 Å². The van der Waals surface area contributed by atoms with Gasteiger partial charge in [0.15, 0.2) is 0 Å². The van der Waals surface area contributed by atoms with Crippen molar-refractivity contribution >= 4 is 20.4 Å². The molecule has 0 spiro atoms. The molecule has 2 fully saturated rings. The van der Waals surface area contributed by atoms with Crippen molar-refractivity contribution in [1.29, 1.82) is 0 Å². The molecule has 2 nitrogen and oxygen atoms in total. The summed E-state index contributed by atoms with van der Waals surface area (Å²) in [5, 5.41) is 1.56. The van der Waals surface area contributed by atoms with Crippen LogP contribution in [0.5, 0.6) is 0 Å². The molecule has 1 heterocycles. The monoisotopic (exact) mass is 426 g/mol. The number of benzene rings is 1. The average molecular weight is 427 g/mol. The third-order valence-corrected chi connectivity index (χ3v) is 12.2. The fourth-order valence-corrected chi connectivity index (χ4v) is 9.46. The van der Waals surface area contributed by atoms with Crippen molar-refractivity contribution < 1.29 is 9.31 Å². The Morgan fingerprint density at radius 3 is 2.13 bits per heavy atom. The van der Waals surface area contributed by atoms with Crippen LogP contribution in [0, 0.1) is 5.92 Å². The third kappa shape index (κ3) is 4.81. The van der Waals surface area contributed by atoms with Crippen LogP contribution < -0.4 is 5.19 Å². The van der Waals surface area contributed by atoms with Crippen LogP contribution in [-0.2, 0) is 9.31 Å². The van der Waals surface area contributed by atoms with E-state index in [1.165, 1.54) is 37.6 Å². The highest BCUT2D eigenvalue weighted by atomic mass is 28.3. The van der Waals surface area contributed by atoms with Crippen LogP contribution in [0.4, 0.5) is 0 Å². The Hall–Kier alpha value is -0.838. The molecule has 1 saturated heterocycles. The average Bonchev–Trinajstić information content (AvgIpc) is 2.93. The highest BCUT2D eigenvalue weighted by Gasteiger charge is 2.55. The standard InChI is InChI=1S/C26H43BO2Si/c1-8-9-20-23(27-28-25(2,3)26(4,5)29-27)24(21-16-12-10-13-17-21)30(6,7)22-18-14-11-15-19-22/h11,14-15,18-21,24H,8-10,12-13,16-17H2,1-7H3/b23-20-.